The van der Waals surface area contributed by atoms with Crippen molar-refractivity contribution in [1.82, 2.24) is 10.2 Å². The maximum Gasteiger partial charge on any atom is 0.241 e. The zero-order valence-electron chi connectivity index (χ0n) is 19.1. The highest BCUT2D eigenvalue weighted by atomic mass is 32.2. The minimum atomic E-state index is -3.69. The molecule has 2 aromatic rings. The molecular weight excluding hydrogens is 426 g/mol. The van der Waals surface area contributed by atoms with Gasteiger partial charge in [-0.3, -0.25) is 14.0 Å². The third kappa shape index (κ3) is 6.46. The lowest BCUT2D eigenvalue weighted by Gasteiger charge is -2.27. The highest BCUT2D eigenvalue weighted by molar-refractivity contribution is 7.92. The van der Waals surface area contributed by atoms with E-state index < -0.39 is 10.0 Å². The molecule has 8 heteroatoms. The Morgan fingerprint density at radius 2 is 1.78 bits per heavy atom. The fourth-order valence-corrected chi connectivity index (χ4v) is 4.85. The molecule has 3 rings (SSSR count). The van der Waals surface area contributed by atoms with Gasteiger partial charge in [-0.15, -0.1) is 0 Å². The summed E-state index contributed by atoms with van der Waals surface area (Å²) >= 11 is 0. The summed E-state index contributed by atoms with van der Waals surface area (Å²) in [4.78, 5) is 15.2. The predicted molar refractivity (Wildman–Crippen MR) is 127 cm³/mol. The van der Waals surface area contributed by atoms with Gasteiger partial charge in [-0.25, -0.2) is 8.42 Å². The number of hydrogen-bond donors (Lipinski definition) is 1. The molecule has 0 saturated carbocycles. The van der Waals surface area contributed by atoms with Gasteiger partial charge >= 0.3 is 0 Å². The number of aryl methyl sites for hydroxylation is 1. The summed E-state index contributed by atoms with van der Waals surface area (Å²) < 4.78 is 31.4. The average Bonchev–Trinajstić information content (AvgIpc) is 2.77. The van der Waals surface area contributed by atoms with E-state index in [9.17, 15) is 13.2 Å². The molecule has 2 aromatic carbocycles. The van der Waals surface area contributed by atoms with E-state index in [1.807, 2.05) is 31.2 Å². The lowest BCUT2D eigenvalue weighted by molar-refractivity contribution is -0.119. The number of hydrogen-bond acceptors (Lipinski definition) is 5. The van der Waals surface area contributed by atoms with E-state index in [1.54, 1.807) is 12.1 Å². The molecule has 0 unspecified atom stereocenters. The van der Waals surface area contributed by atoms with E-state index in [0.717, 1.165) is 41.3 Å². The Labute approximate surface area is 191 Å². The fourth-order valence-electron chi connectivity index (χ4n) is 4.00. The van der Waals surface area contributed by atoms with Crippen molar-refractivity contribution in [1.29, 1.82) is 0 Å². The van der Waals surface area contributed by atoms with Crippen molar-refractivity contribution < 1.29 is 17.9 Å². The van der Waals surface area contributed by atoms with Crippen molar-refractivity contribution in [2.45, 2.75) is 39.3 Å². The van der Waals surface area contributed by atoms with Gasteiger partial charge in [0, 0.05) is 13.1 Å². The summed E-state index contributed by atoms with van der Waals surface area (Å²) in [7, 11) is -2.21. The second-order valence-corrected chi connectivity index (χ2v) is 10.2. The van der Waals surface area contributed by atoms with E-state index in [-0.39, 0.29) is 12.5 Å². The normalized spacial score (nSPS) is 14.7. The van der Waals surface area contributed by atoms with Crippen LogP contribution in [0.2, 0.25) is 0 Å². The third-order valence-corrected chi connectivity index (χ3v) is 6.85. The molecule has 0 radical (unpaired) electrons. The van der Waals surface area contributed by atoms with Crippen LogP contribution in [0, 0.1) is 6.92 Å². The van der Waals surface area contributed by atoms with Crippen molar-refractivity contribution in [2.75, 3.05) is 37.3 Å². The van der Waals surface area contributed by atoms with Crippen LogP contribution >= 0.6 is 0 Å². The van der Waals surface area contributed by atoms with Crippen LogP contribution < -0.4 is 14.4 Å². The summed E-state index contributed by atoms with van der Waals surface area (Å²) in [6.45, 7) is 4.97. The predicted octanol–water partition coefficient (Wildman–Crippen LogP) is 3.07. The van der Waals surface area contributed by atoms with Gasteiger partial charge < -0.3 is 10.1 Å². The average molecular weight is 460 g/mol. The number of amides is 1. The Morgan fingerprint density at radius 3 is 2.44 bits per heavy atom. The smallest absolute Gasteiger partial charge is 0.241 e. The van der Waals surface area contributed by atoms with Gasteiger partial charge in [-0.1, -0.05) is 36.8 Å². The van der Waals surface area contributed by atoms with Gasteiger partial charge in [0.1, 0.15) is 12.3 Å². The van der Waals surface area contributed by atoms with Crippen molar-refractivity contribution in [2.24, 2.45) is 0 Å². The van der Waals surface area contributed by atoms with E-state index in [1.165, 1.54) is 31.9 Å². The standard InChI is InChI=1S/C24H33N3O4S/c1-19-11-12-23(31-2)22(15-19)27(32(3,29)30)18-24(28)25-16-20-9-5-6-10-21(20)17-26-13-7-4-8-14-26/h5-6,9-12,15H,4,7-8,13-14,16-18H2,1-3H3,(H,25,28). The first-order chi connectivity index (χ1) is 15.3. The van der Waals surface area contributed by atoms with Gasteiger partial charge in [0.15, 0.2) is 0 Å². The number of benzene rings is 2. The molecular formula is C24H33N3O4S. The second kappa shape index (κ2) is 10.8. The Hall–Kier alpha value is -2.58. The molecule has 32 heavy (non-hydrogen) atoms. The first kappa shape index (κ1) is 24.1. The SMILES string of the molecule is COc1ccc(C)cc1N(CC(=O)NCc1ccccc1CN1CCCCC1)S(C)(=O)=O. The molecule has 1 heterocycles. The lowest BCUT2D eigenvalue weighted by atomic mass is 10.0. The fraction of sp³-hybridized carbons (Fsp3) is 0.458. The number of piperidine rings is 1. The molecule has 7 nitrogen and oxygen atoms in total. The molecule has 0 bridgehead atoms. The Kier molecular flexibility index (Phi) is 8.15. The number of nitrogens with zero attached hydrogens (tertiary/aromatic N) is 2. The number of carbonyl (C=O) groups excluding carboxylic acids is 1. The zero-order valence-corrected chi connectivity index (χ0v) is 20.0. The number of likely N-dealkylation sites (tertiary alicyclic amines) is 1. The molecule has 174 valence electrons. The van der Waals surface area contributed by atoms with E-state index >= 15 is 0 Å². The topological polar surface area (TPSA) is 79.0 Å². The maximum atomic E-state index is 12.8. The molecule has 0 aromatic heterocycles. The number of carbonyl (C=O) groups is 1. The van der Waals surface area contributed by atoms with Gasteiger partial charge in [-0.05, 0) is 61.7 Å². The van der Waals surface area contributed by atoms with Gasteiger partial charge in [0.05, 0.1) is 19.1 Å². The van der Waals surface area contributed by atoms with Crippen LogP contribution in [-0.2, 0) is 27.9 Å². The van der Waals surface area contributed by atoms with Gasteiger partial charge in [-0.2, -0.15) is 0 Å². The number of ether oxygens (including phenoxy) is 1. The quantitative estimate of drug-likeness (QED) is 0.624. The third-order valence-electron chi connectivity index (χ3n) is 5.73. The lowest BCUT2D eigenvalue weighted by Crippen LogP contribution is -2.40. The summed E-state index contributed by atoms with van der Waals surface area (Å²) in [6, 6.07) is 13.3. The number of sulfonamides is 1. The van der Waals surface area contributed by atoms with E-state index in [0.29, 0.717) is 18.0 Å². The Balaban J connectivity index is 1.70. The maximum absolute atomic E-state index is 12.8. The molecule has 1 aliphatic rings. The Morgan fingerprint density at radius 1 is 1.09 bits per heavy atom. The number of anilines is 1. The first-order valence-corrected chi connectivity index (χ1v) is 12.8. The number of methoxy groups -OCH3 is 1. The highest BCUT2D eigenvalue weighted by Gasteiger charge is 2.24. The molecule has 0 atom stereocenters. The van der Waals surface area contributed by atoms with Crippen LogP contribution in [0.25, 0.3) is 0 Å². The molecule has 1 amide bonds. The van der Waals surface area contributed by atoms with Crippen molar-refractivity contribution in [3.8, 4) is 5.75 Å². The van der Waals surface area contributed by atoms with Crippen LogP contribution in [0.5, 0.6) is 5.75 Å². The zero-order chi connectivity index (χ0) is 23.1. The minimum absolute atomic E-state index is 0.313. The molecule has 1 fully saturated rings. The van der Waals surface area contributed by atoms with Crippen molar-refractivity contribution in [3.63, 3.8) is 0 Å². The Bertz CT molecular complexity index is 1030. The van der Waals surface area contributed by atoms with E-state index in [2.05, 4.69) is 16.3 Å². The van der Waals surface area contributed by atoms with Crippen LogP contribution in [0.15, 0.2) is 42.5 Å². The second-order valence-electron chi connectivity index (χ2n) is 8.33. The largest absolute Gasteiger partial charge is 0.495 e. The molecule has 1 aliphatic heterocycles. The number of nitrogens with one attached hydrogen (secondary N) is 1. The number of rotatable bonds is 9. The minimum Gasteiger partial charge on any atom is -0.495 e. The van der Waals surface area contributed by atoms with Gasteiger partial charge in [0.25, 0.3) is 0 Å². The van der Waals surface area contributed by atoms with Gasteiger partial charge in [0.2, 0.25) is 15.9 Å². The summed E-state index contributed by atoms with van der Waals surface area (Å²) in [6.07, 6.45) is 4.83. The monoisotopic (exact) mass is 459 g/mol. The summed E-state index contributed by atoms with van der Waals surface area (Å²) in [5, 5.41) is 2.90. The summed E-state index contributed by atoms with van der Waals surface area (Å²) in [5.41, 5.74) is 3.47. The van der Waals surface area contributed by atoms with Crippen LogP contribution in [0.3, 0.4) is 0 Å². The van der Waals surface area contributed by atoms with Crippen LogP contribution in [0.4, 0.5) is 5.69 Å². The van der Waals surface area contributed by atoms with Crippen LogP contribution in [0.1, 0.15) is 36.0 Å². The summed E-state index contributed by atoms with van der Waals surface area (Å²) in [5.74, 6) is 0.0347. The first-order valence-electron chi connectivity index (χ1n) is 11.0. The van der Waals surface area contributed by atoms with Crippen LogP contribution in [-0.4, -0.2) is 52.2 Å². The molecule has 1 N–H and O–H groups in total. The molecule has 1 saturated heterocycles. The van der Waals surface area contributed by atoms with E-state index in [4.69, 9.17) is 4.74 Å². The highest BCUT2D eigenvalue weighted by Crippen LogP contribution is 2.30. The molecule has 0 aliphatic carbocycles. The molecule has 0 spiro atoms. The van der Waals surface area contributed by atoms with Crippen molar-refractivity contribution in [3.05, 3.63) is 59.2 Å². The van der Waals surface area contributed by atoms with Crippen molar-refractivity contribution >= 4 is 21.6 Å².